The van der Waals surface area contributed by atoms with Gasteiger partial charge in [0.15, 0.2) is 0 Å². The lowest BCUT2D eigenvalue weighted by atomic mass is 10.0. The second kappa shape index (κ2) is 14.1. The normalized spacial score (nSPS) is 14.0. The van der Waals surface area contributed by atoms with Crippen LogP contribution in [0.25, 0.3) is 10.9 Å². The summed E-state index contributed by atoms with van der Waals surface area (Å²) >= 11 is 0. The average molecular weight is 566 g/mol. The predicted octanol–water partition coefficient (Wildman–Crippen LogP) is 0.950. The number of hydrogen-bond donors (Lipinski definition) is 7. The molecule has 12 nitrogen and oxygen atoms in total. The molecule has 8 N–H and O–H groups in total. The number of carboxylic acids is 2. The SMILES string of the molecule is CC(C)C(NC(=O)C(CC(=O)O)NC(=O)C(N)Cc1c[nH]c2ccccc12)C(=O)NC(Cc1ccccc1)C(=O)O. The van der Waals surface area contributed by atoms with Crippen LogP contribution in [-0.4, -0.2) is 69.0 Å². The zero-order chi connectivity index (χ0) is 30.1. The molecule has 1 aromatic heterocycles. The van der Waals surface area contributed by atoms with Crippen LogP contribution in [0.5, 0.6) is 0 Å². The highest BCUT2D eigenvalue weighted by Gasteiger charge is 2.33. The number of aromatic nitrogens is 1. The van der Waals surface area contributed by atoms with E-state index in [9.17, 15) is 34.2 Å². The van der Waals surface area contributed by atoms with Crippen LogP contribution in [0, 0.1) is 5.92 Å². The van der Waals surface area contributed by atoms with Crippen LogP contribution in [0.2, 0.25) is 0 Å². The first-order chi connectivity index (χ1) is 19.5. The van der Waals surface area contributed by atoms with Gasteiger partial charge < -0.3 is 36.9 Å². The standard InChI is InChI=1S/C29H35N5O7/c1-16(2)25(28(39)33-23(29(40)41)12-17-8-4-3-5-9-17)34-27(38)22(14-24(35)36)32-26(37)20(30)13-18-15-31-21-11-7-6-10-19(18)21/h3-11,15-16,20,22-23,25,31H,12-14,30H2,1-2H3,(H,32,37)(H,33,39)(H,34,38)(H,35,36)(H,40,41). The Kier molecular flexibility index (Phi) is 10.6. The number of nitrogens with one attached hydrogen (secondary N) is 4. The van der Waals surface area contributed by atoms with Crippen molar-refractivity contribution in [2.24, 2.45) is 11.7 Å². The van der Waals surface area contributed by atoms with Gasteiger partial charge >= 0.3 is 11.9 Å². The zero-order valence-corrected chi connectivity index (χ0v) is 22.8. The summed E-state index contributed by atoms with van der Waals surface area (Å²) in [5.74, 6) is -5.50. The Morgan fingerprint density at radius 2 is 1.44 bits per heavy atom. The number of aromatic amines is 1. The molecule has 1 heterocycles. The smallest absolute Gasteiger partial charge is 0.326 e. The molecule has 0 bridgehead atoms. The molecule has 3 rings (SSSR count). The number of benzene rings is 2. The number of hydrogen-bond acceptors (Lipinski definition) is 6. The second-order valence-corrected chi connectivity index (χ2v) is 10.1. The molecule has 12 heteroatoms. The Bertz CT molecular complexity index is 1390. The maximum atomic E-state index is 13.1. The van der Waals surface area contributed by atoms with E-state index in [0.717, 1.165) is 16.5 Å². The minimum atomic E-state index is -1.53. The van der Waals surface area contributed by atoms with Crippen LogP contribution < -0.4 is 21.7 Å². The zero-order valence-electron chi connectivity index (χ0n) is 22.8. The molecule has 0 aliphatic carbocycles. The number of rotatable bonds is 14. The molecule has 0 spiro atoms. The first-order valence-electron chi connectivity index (χ1n) is 13.2. The number of carbonyl (C=O) groups is 5. The monoisotopic (exact) mass is 565 g/mol. The molecule has 0 aliphatic heterocycles. The van der Waals surface area contributed by atoms with Gasteiger partial charge in [0.05, 0.1) is 12.5 Å². The topological polar surface area (TPSA) is 204 Å². The molecule has 0 saturated heterocycles. The highest BCUT2D eigenvalue weighted by atomic mass is 16.4. The molecule has 41 heavy (non-hydrogen) atoms. The van der Waals surface area contributed by atoms with E-state index in [2.05, 4.69) is 20.9 Å². The van der Waals surface area contributed by atoms with Gasteiger partial charge in [0.25, 0.3) is 0 Å². The summed E-state index contributed by atoms with van der Waals surface area (Å²) in [5, 5.41) is 27.2. The van der Waals surface area contributed by atoms with Crippen molar-refractivity contribution in [2.45, 2.75) is 57.3 Å². The summed E-state index contributed by atoms with van der Waals surface area (Å²) in [4.78, 5) is 65.5. The summed E-state index contributed by atoms with van der Waals surface area (Å²) in [6, 6.07) is 11.1. The third-order valence-corrected chi connectivity index (χ3v) is 6.61. The fraction of sp³-hybridized carbons (Fsp3) is 0.345. The van der Waals surface area contributed by atoms with Gasteiger partial charge in [0.1, 0.15) is 18.1 Å². The van der Waals surface area contributed by atoms with E-state index in [0.29, 0.717) is 5.56 Å². The van der Waals surface area contributed by atoms with Crippen LogP contribution in [0.1, 0.15) is 31.4 Å². The molecule has 3 aromatic rings. The molecule has 2 aromatic carbocycles. The molecule has 0 fully saturated rings. The minimum Gasteiger partial charge on any atom is -0.481 e. The van der Waals surface area contributed by atoms with Gasteiger partial charge in [-0.15, -0.1) is 0 Å². The van der Waals surface area contributed by atoms with Gasteiger partial charge in [-0.1, -0.05) is 62.4 Å². The summed E-state index contributed by atoms with van der Waals surface area (Å²) < 4.78 is 0. The van der Waals surface area contributed by atoms with Crippen molar-refractivity contribution >= 4 is 40.6 Å². The van der Waals surface area contributed by atoms with Gasteiger partial charge in [-0.2, -0.15) is 0 Å². The molecular weight excluding hydrogens is 530 g/mol. The summed E-state index contributed by atoms with van der Waals surface area (Å²) in [6.45, 7) is 3.28. The number of nitrogens with two attached hydrogens (primary N) is 1. The Labute approximate surface area is 236 Å². The highest BCUT2D eigenvalue weighted by Crippen LogP contribution is 2.19. The minimum absolute atomic E-state index is 0.0205. The molecule has 0 aliphatic rings. The first kappa shape index (κ1) is 30.8. The number of H-pyrrole nitrogens is 1. The highest BCUT2D eigenvalue weighted by molar-refractivity contribution is 5.96. The maximum Gasteiger partial charge on any atom is 0.326 e. The summed E-state index contributed by atoms with van der Waals surface area (Å²) in [6.07, 6.45) is 1.13. The Morgan fingerprint density at radius 1 is 0.805 bits per heavy atom. The van der Waals surface area contributed by atoms with Crippen LogP contribution in [0.15, 0.2) is 60.8 Å². The predicted molar refractivity (Wildman–Crippen MR) is 151 cm³/mol. The van der Waals surface area contributed by atoms with Crippen molar-refractivity contribution in [3.05, 3.63) is 71.9 Å². The quantitative estimate of drug-likeness (QED) is 0.150. The number of amides is 3. The largest absolute Gasteiger partial charge is 0.481 e. The molecule has 0 radical (unpaired) electrons. The first-order valence-corrected chi connectivity index (χ1v) is 13.2. The van der Waals surface area contributed by atoms with Gasteiger partial charge in [-0.3, -0.25) is 19.2 Å². The van der Waals surface area contributed by atoms with E-state index in [1.807, 2.05) is 24.3 Å². The number of carboxylic acid groups (broad SMARTS) is 2. The number of fused-ring (bicyclic) bond motifs is 1. The average Bonchev–Trinajstić information content (AvgIpc) is 3.33. The van der Waals surface area contributed by atoms with Gasteiger partial charge in [0, 0.05) is 23.5 Å². The molecular formula is C29H35N5O7. The lowest BCUT2D eigenvalue weighted by molar-refractivity contribution is -0.143. The van der Waals surface area contributed by atoms with E-state index in [1.165, 1.54) is 0 Å². The number of para-hydroxylation sites is 1. The van der Waals surface area contributed by atoms with Crippen molar-refractivity contribution in [3.8, 4) is 0 Å². The number of carbonyl (C=O) groups excluding carboxylic acids is 3. The van der Waals surface area contributed by atoms with E-state index >= 15 is 0 Å². The Hall–Kier alpha value is -4.71. The van der Waals surface area contributed by atoms with Crippen molar-refractivity contribution < 1.29 is 34.2 Å². The van der Waals surface area contributed by atoms with Crippen LogP contribution >= 0.6 is 0 Å². The molecule has 4 unspecified atom stereocenters. The van der Waals surface area contributed by atoms with Crippen molar-refractivity contribution in [1.29, 1.82) is 0 Å². The third kappa shape index (κ3) is 8.64. The lowest BCUT2D eigenvalue weighted by Gasteiger charge is -2.26. The van der Waals surface area contributed by atoms with E-state index in [4.69, 9.17) is 5.73 Å². The maximum absolute atomic E-state index is 13.1. The molecule has 0 saturated carbocycles. The fourth-order valence-corrected chi connectivity index (χ4v) is 4.39. The lowest BCUT2D eigenvalue weighted by Crippen LogP contribution is -2.59. The van der Waals surface area contributed by atoms with Gasteiger partial charge in [-0.05, 0) is 29.5 Å². The third-order valence-electron chi connectivity index (χ3n) is 6.61. The van der Waals surface area contributed by atoms with Crippen LogP contribution in [-0.2, 0) is 36.8 Å². The Balaban J connectivity index is 1.68. The number of aliphatic carboxylic acids is 2. The van der Waals surface area contributed by atoms with Crippen LogP contribution in [0.3, 0.4) is 0 Å². The van der Waals surface area contributed by atoms with Crippen molar-refractivity contribution in [3.63, 3.8) is 0 Å². The van der Waals surface area contributed by atoms with Crippen molar-refractivity contribution in [1.82, 2.24) is 20.9 Å². The fourth-order valence-electron chi connectivity index (χ4n) is 4.39. The molecule has 218 valence electrons. The Morgan fingerprint density at radius 3 is 2.07 bits per heavy atom. The van der Waals surface area contributed by atoms with E-state index in [1.54, 1.807) is 50.4 Å². The summed E-state index contributed by atoms with van der Waals surface area (Å²) in [7, 11) is 0. The summed E-state index contributed by atoms with van der Waals surface area (Å²) in [5.41, 5.74) is 8.44. The molecule has 3 amide bonds. The van der Waals surface area contributed by atoms with Crippen LogP contribution in [0.4, 0.5) is 0 Å². The van der Waals surface area contributed by atoms with Crippen molar-refractivity contribution in [2.75, 3.05) is 0 Å². The van der Waals surface area contributed by atoms with E-state index < -0.39 is 66.2 Å². The second-order valence-electron chi connectivity index (χ2n) is 10.1. The van der Waals surface area contributed by atoms with E-state index in [-0.39, 0.29) is 12.8 Å². The van der Waals surface area contributed by atoms with Gasteiger partial charge in [-0.25, -0.2) is 4.79 Å². The molecule has 4 atom stereocenters. The van der Waals surface area contributed by atoms with Gasteiger partial charge in [0.2, 0.25) is 17.7 Å².